The van der Waals surface area contributed by atoms with Gasteiger partial charge in [0.25, 0.3) is 5.91 Å². The number of hydrogen-bond donors (Lipinski definition) is 8. The van der Waals surface area contributed by atoms with E-state index in [1.54, 1.807) is 110 Å². The number of unbranched alkanes of at least 4 members (excludes halogenated alkanes) is 3. The Kier molecular flexibility index (Phi) is 36.5. The van der Waals surface area contributed by atoms with Crippen LogP contribution in [0.15, 0.2) is 71.8 Å². The van der Waals surface area contributed by atoms with E-state index in [0.29, 0.717) is 72.5 Å². The average Bonchev–Trinajstić information content (AvgIpc) is 0.832. The summed E-state index contributed by atoms with van der Waals surface area (Å²) < 4.78 is 24.0. The number of rotatable bonds is 26. The van der Waals surface area contributed by atoms with Crippen LogP contribution in [0.5, 0.6) is 0 Å². The normalized spacial score (nSPS) is 21.7. The Balaban J connectivity index is 1.83. The summed E-state index contributed by atoms with van der Waals surface area (Å²) in [4.78, 5) is 169. The molecule has 0 radical (unpaired) electrons. The molecule has 102 heavy (non-hydrogen) atoms. The third kappa shape index (κ3) is 28.9. The van der Waals surface area contributed by atoms with Crippen molar-refractivity contribution in [3.63, 3.8) is 0 Å². The molecular weight excluding hydrogens is 1340 g/mol. The fraction of sp³-hybridized carbons (Fsp3) is 0.616. The predicted molar refractivity (Wildman–Crippen MR) is 388 cm³/mol. The molecule has 3 rings (SSSR count). The van der Waals surface area contributed by atoms with Crippen LogP contribution in [0.1, 0.15) is 159 Å². The molecule has 1 aliphatic rings. The van der Waals surface area contributed by atoms with Gasteiger partial charge in [0.1, 0.15) is 48.5 Å². The van der Waals surface area contributed by atoms with E-state index in [1.165, 1.54) is 62.6 Å². The van der Waals surface area contributed by atoms with Gasteiger partial charge in [0, 0.05) is 82.9 Å². The molecule has 28 nitrogen and oxygen atoms in total. The first-order valence-corrected chi connectivity index (χ1v) is 35.4. The Bertz CT molecular complexity index is 3240. The summed E-state index contributed by atoms with van der Waals surface area (Å²) >= 11 is 6.19. The van der Waals surface area contributed by atoms with Crippen LogP contribution < -0.4 is 43.4 Å². The van der Waals surface area contributed by atoms with Crippen LogP contribution in [0.4, 0.5) is 20.1 Å². The van der Waals surface area contributed by atoms with Gasteiger partial charge in [-0.2, -0.15) is 0 Å². The topological polar surface area (TPSA) is 379 Å². The van der Waals surface area contributed by atoms with Crippen molar-refractivity contribution in [3.05, 3.63) is 88.0 Å². The van der Waals surface area contributed by atoms with E-state index >= 15 is 0 Å². The number of amides is 11. The minimum absolute atomic E-state index is 0.0233. The fourth-order valence-electron chi connectivity index (χ4n) is 10.8. The maximum atomic E-state index is 14.5. The standard InChI is InChI=1S/C73H113ClN12O16/c1-18-45(7)60-65(91)82-73(12,13)69(95)102-61(46(8)19-2)48(10)56(35-26-47(9)68(94)100-57(39-43(3)4)63(89)78-49(11)66(92)86(17)55(40-50-27-31-52(74)32-28-50)67(93)85(16)41-58(87)81-60)101-72(98)84(15)38-23-21-20-22-37-83(14)71(97)99-42-51-29-33-53(34-30-51)79-62(88)54(25-24-36-77-70(76)96)80-64(90)59(75)44(5)6/h19,26-34,43-45,48-49,54-57,59-61H,18,20-25,35-42,75H2,1-17H3,(H,78,89)(H,79,88)(H,80,90)(H,81,87)(H,82,91)(H3,76,77,96)/b46-19+,47-26+/t45-,48+,49+,54+,55-,56+,57-,59+,60+,61-/m1/s1. The second-order valence-corrected chi connectivity index (χ2v) is 28.3. The molecular formula is C73H113ClN12O16. The highest BCUT2D eigenvalue weighted by Gasteiger charge is 2.41. The van der Waals surface area contributed by atoms with Crippen molar-refractivity contribution in [2.45, 2.75) is 215 Å². The molecule has 0 aliphatic carbocycles. The van der Waals surface area contributed by atoms with Crippen molar-refractivity contribution in [2.75, 3.05) is 59.7 Å². The minimum atomic E-state index is -1.72. The smallest absolute Gasteiger partial charge is 0.409 e. The molecule has 0 unspecified atom stereocenters. The van der Waals surface area contributed by atoms with Gasteiger partial charge < -0.3 is 81.9 Å². The summed E-state index contributed by atoms with van der Waals surface area (Å²) in [5, 5.41) is 16.6. The minimum Gasteiger partial charge on any atom is -0.456 e. The van der Waals surface area contributed by atoms with Gasteiger partial charge in [-0.05, 0) is 132 Å². The molecule has 0 spiro atoms. The number of halogens is 1. The highest BCUT2D eigenvalue weighted by molar-refractivity contribution is 6.30. The van der Waals surface area contributed by atoms with Crippen LogP contribution in [0, 0.1) is 23.7 Å². The van der Waals surface area contributed by atoms with Gasteiger partial charge in [-0.25, -0.2) is 24.0 Å². The first-order valence-electron chi connectivity index (χ1n) is 35.0. The van der Waals surface area contributed by atoms with Gasteiger partial charge in [-0.1, -0.05) is 116 Å². The first-order chi connectivity index (χ1) is 47.8. The highest BCUT2D eigenvalue weighted by atomic mass is 35.5. The van der Waals surface area contributed by atoms with Crippen LogP contribution in [-0.4, -0.2) is 200 Å². The molecule has 29 heteroatoms. The fourth-order valence-corrected chi connectivity index (χ4v) is 10.9. The van der Waals surface area contributed by atoms with E-state index in [9.17, 15) is 57.5 Å². The largest absolute Gasteiger partial charge is 0.456 e. The van der Waals surface area contributed by atoms with Crippen molar-refractivity contribution in [3.8, 4) is 0 Å². The number of esters is 2. The van der Waals surface area contributed by atoms with Crippen LogP contribution in [0.2, 0.25) is 5.02 Å². The number of carbonyl (C=O) groups excluding carboxylic acids is 12. The van der Waals surface area contributed by atoms with E-state index in [-0.39, 0.29) is 62.8 Å². The third-order valence-electron chi connectivity index (χ3n) is 17.9. The van der Waals surface area contributed by atoms with E-state index in [0.717, 1.165) is 4.90 Å². The number of ether oxygens (including phenoxy) is 4. The number of benzene rings is 2. The van der Waals surface area contributed by atoms with Gasteiger partial charge in [0.2, 0.25) is 35.4 Å². The number of cyclic esters (lactones) is 2. The van der Waals surface area contributed by atoms with Gasteiger partial charge in [-0.15, -0.1) is 0 Å². The third-order valence-corrected chi connectivity index (χ3v) is 18.2. The molecule has 0 fully saturated rings. The molecule has 568 valence electrons. The molecule has 1 aliphatic heterocycles. The molecule has 0 saturated carbocycles. The van der Waals surface area contributed by atoms with Crippen LogP contribution in [-0.2, 0) is 75.1 Å². The van der Waals surface area contributed by atoms with Gasteiger partial charge in [0.05, 0.1) is 12.6 Å². The molecule has 10 N–H and O–H groups in total. The summed E-state index contributed by atoms with van der Waals surface area (Å²) in [5.74, 6) is -7.90. The molecule has 1 heterocycles. The Morgan fingerprint density at radius 2 is 1.41 bits per heavy atom. The molecule has 0 saturated heterocycles. The summed E-state index contributed by atoms with van der Waals surface area (Å²) in [7, 11) is 5.97. The van der Waals surface area contributed by atoms with Crippen molar-refractivity contribution in [1.82, 2.24) is 46.2 Å². The van der Waals surface area contributed by atoms with Crippen LogP contribution >= 0.6 is 11.6 Å². The van der Waals surface area contributed by atoms with E-state index < -0.39 is 144 Å². The molecule has 0 bridgehead atoms. The zero-order chi connectivity index (χ0) is 76.9. The van der Waals surface area contributed by atoms with Crippen molar-refractivity contribution in [2.24, 2.45) is 35.1 Å². The second-order valence-electron chi connectivity index (χ2n) is 27.8. The Morgan fingerprint density at radius 3 is 1.98 bits per heavy atom. The summed E-state index contributed by atoms with van der Waals surface area (Å²) in [6, 6.07) is 7.12. The molecule has 11 amide bonds. The van der Waals surface area contributed by atoms with Crippen molar-refractivity contribution in [1.29, 1.82) is 0 Å². The lowest BCUT2D eigenvalue weighted by Gasteiger charge is -2.35. The first kappa shape index (κ1) is 87.4. The van der Waals surface area contributed by atoms with E-state index in [4.69, 9.17) is 42.0 Å². The lowest BCUT2D eigenvalue weighted by Crippen LogP contribution is -2.60. The number of nitrogens with two attached hydrogens (primary N) is 2. The molecule has 0 aromatic heterocycles. The lowest BCUT2D eigenvalue weighted by atomic mass is 9.90. The number of allylic oxidation sites excluding steroid dienone is 1. The maximum absolute atomic E-state index is 14.5. The summed E-state index contributed by atoms with van der Waals surface area (Å²) in [6.07, 6.45) is 1.79. The van der Waals surface area contributed by atoms with Gasteiger partial charge in [0.15, 0.2) is 6.10 Å². The molecule has 2 aromatic rings. The number of hydrogen-bond acceptors (Lipinski definition) is 17. The zero-order valence-corrected chi connectivity index (χ0v) is 63.4. The molecule has 10 atom stereocenters. The Morgan fingerprint density at radius 1 is 0.814 bits per heavy atom. The number of likely N-dealkylation sites (N-methyl/N-ethyl adjacent to an activating group) is 2. The lowest BCUT2D eigenvalue weighted by molar-refractivity contribution is -0.160. The van der Waals surface area contributed by atoms with E-state index in [2.05, 4.69) is 31.9 Å². The van der Waals surface area contributed by atoms with Crippen molar-refractivity contribution < 1.29 is 76.5 Å². The highest BCUT2D eigenvalue weighted by Crippen LogP contribution is 2.28. The van der Waals surface area contributed by atoms with E-state index in [1.807, 2.05) is 20.8 Å². The van der Waals surface area contributed by atoms with Crippen LogP contribution in [0.3, 0.4) is 0 Å². The number of urea groups is 1. The second kappa shape index (κ2) is 42.6. The predicted octanol–water partition coefficient (Wildman–Crippen LogP) is 7.04. The van der Waals surface area contributed by atoms with Crippen LogP contribution in [0.25, 0.3) is 0 Å². The average molecular weight is 1450 g/mol. The monoisotopic (exact) mass is 1450 g/mol. The van der Waals surface area contributed by atoms with Gasteiger partial charge >= 0.3 is 30.2 Å². The maximum Gasteiger partial charge on any atom is 0.409 e. The van der Waals surface area contributed by atoms with Crippen molar-refractivity contribution >= 4 is 88.8 Å². The summed E-state index contributed by atoms with van der Waals surface area (Å²) in [5.41, 5.74) is 11.8. The quantitative estimate of drug-likeness (QED) is 0.0202. The number of anilines is 1. The number of carbonyl (C=O) groups is 12. The Hall–Kier alpha value is -8.79. The zero-order valence-electron chi connectivity index (χ0n) is 62.7. The number of nitrogens with one attached hydrogen (secondary N) is 6. The SMILES string of the molecule is C/C=C(\C)[C@H]1OC(=O)C(C)(C)NC(=O)[C@H]([C@H](C)CC)NC(=O)CN(C)C(=O)[C@@H](Cc2ccc(Cl)cc2)N(C)C(=O)[C@H](C)NC(=O)[C@@H](CC(C)C)OC(=O)/C(C)=C/C[C@H](OC(=O)N(C)CCCCCCN(C)C(=O)OCc2ccc(NC(=O)[C@H](CCCNC(N)=O)NC(=O)[C@@H](N)C(C)C)cc2)[C@@H]1C. The molecule has 2 aromatic carbocycles. The number of nitrogens with zero attached hydrogens (tertiary/aromatic N) is 4. The Labute approximate surface area is 606 Å². The van der Waals surface area contributed by atoms with Gasteiger partial charge in [-0.3, -0.25) is 33.6 Å². The summed E-state index contributed by atoms with van der Waals surface area (Å²) in [6.45, 7) is 22.0. The number of primary amides is 1.